The van der Waals surface area contributed by atoms with Crippen LogP contribution in [-0.4, -0.2) is 44.0 Å². The Morgan fingerprint density at radius 1 is 0.698 bits per heavy atom. The van der Waals surface area contributed by atoms with Crippen molar-refractivity contribution in [2.75, 3.05) is 45.1 Å². The molecule has 7 rings (SSSR count). The molecule has 4 heterocycles. The van der Waals surface area contributed by atoms with E-state index in [0.717, 1.165) is 106 Å². The lowest BCUT2D eigenvalue weighted by molar-refractivity contribution is 0.414. The molecule has 0 unspecified atom stereocenters. The lowest BCUT2D eigenvalue weighted by Gasteiger charge is -2.23. The van der Waals surface area contributed by atoms with E-state index in [0.29, 0.717) is 6.54 Å². The van der Waals surface area contributed by atoms with E-state index in [1.165, 1.54) is 0 Å². The van der Waals surface area contributed by atoms with Gasteiger partial charge in [0.2, 0.25) is 0 Å². The monoisotopic (exact) mass is 580 g/mol. The van der Waals surface area contributed by atoms with E-state index in [-0.39, 0.29) is 11.1 Å². The average molecular weight is 581 g/mol. The molecule has 0 atom stereocenters. The Hall–Kier alpha value is -4.92. The summed E-state index contributed by atoms with van der Waals surface area (Å²) in [6, 6.07) is 19.5. The molecule has 2 aliphatic heterocycles. The Bertz CT molecular complexity index is 1910. The first kappa shape index (κ1) is 28.2. The number of aromatic nitrogens is 2. The summed E-state index contributed by atoms with van der Waals surface area (Å²) in [4.78, 5) is 28.1. The second-order valence-corrected chi connectivity index (χ2v) is 10.8. The van der Waals surface area contributed by atoms with Crippen LogP contribution in [0.2, 0.25) is 0 Å². The third-order valence-corrected chi connectivity index (χ3v) is 8.20. The van der Waals surface area contributed by atoms with Gasteiger partial charge in [0, 0.05) is 47.1 Å². The molecule has 0 amide bonds. The number of hydrogen-bond acceptors (Lipinski definition) is 7. The number of hydrogen-bond donors (Lipinski definition) is 3. The van der Waals surface area contributed by atoms with Crippen molar-refractivity contribution in [2.45, 2.75) is 32.2 Å². The number of anilines is 2. The third-order valence-electron chi connectivity index (χ3n) is 8.20. The maximum Gasteiger partial charge on any atom is 0.256 e. The van der Waals surface area contributed by atoms with Gasteiger partial charge in [0.15, 0.2) is 0 Å². The van der Waals surface area contributed by atoms with Crippen LogP contribution in [0.25, 0.3) is 21.8 Å². The highest BCUT2D eigenvalue weighted by atomic mass is 16.5. The minimum absolute atomic E-state index is 0.00736. The largest absolute Gasteiger partial charge is 0.497 e. The van der Waals surface area contributed by atoms with Gasteiger partial charge >= 0.3 is 0 Å². The van der Waals surface area contributed by atoms with Gasteiger partial charge in [-0.2, -0.15) is 0 Å². The van der Waals surface area contributed by atoms with Gasteiger partial charge in [-0.15, -0.1) is 0 Å². The molecule has 43 heavy (non-hydrogen) atoms. The Kier molecular flexibility index (Phi) is 7.96. The number of methoxy groups -OCH3 is 3. The van der Waals surface area contributed by atoms with Gasteiger partial charge in [0.25, 0.3) is 11.1 Å². The molecule has 0 fully saturated rings. The van der Waals surface area contributed by atoms with E-state index in [1.54, 1.807) is 21.3 Å². The maximum atomic E-state index is 13.2. The molecule has 3 N–H and O–H groups in total. The van der Waals surface area contributed by atoms with Crippen LogP contribution < -0.4 is 36.0 Å². The number of ether oxygens (including phenoxy) is 3. The molecule has 9 heteroatoms. The number of rotatable bonds is 5. The van der Waals surface area contributed by atoms with Gasteiger partial charge in [0.05, 0.1) is 50.3 Å². The van der Waals surface area contributed by atoms with Crippen LogP contribution in [0.4, 0.5) is 11.4 Å². The van der Waals surface area contributed by atoms with Gasteiger partial charge in [-0.05, 0) is 67.6 Å². The maximum absolute atomic E-state index is 13.2. The van der Waals surface area contributed by atoms with Gasteiger partial charge in [-0.3, -0.25) is 9.59 Å². The minimum atomic E-state index is 0.00736. The second kappa shape index (κ2) is 12.1. The zero-order valence-corrected chi connectivity index (χ0v) is 24.7. The lowest BCUT2D eigenvalue weighted by atomic mass is 10.0. The lowest BCUT2D eigenvalue weighted by Crippen LogP contribution is -2.29. The van der Waals surface area contributed by atoms with Crippen molar-refractivity contribution in [3.8, 4) is 17.2 Å². The van der Waals surface area contributed by atoms with E-state index in [4.69, 9.17) is 14.2 Å². The van der Waals surface area contributed by atoms with Gasteiger partial charge in [0.1, 0.15) is 17.2 Å². The SMILES string of the molecule is COc1ccc(Cn2c(=O)c3c(c4ccc(OC)cc42)NCCC3)cc1.COc1ccc2c3c(c(=O)[nH]c2c1)CCCN3. The van der Waals surface area contributed by atoms with Crippen LogP contribution in [0.1, 0.15) is 29.5 Å². The van der Waals surface area contributed by atoms with Crippen molar-refractivity contribution in [3.05, 3.63) is 98.1 Å². The summed E-state index contributed by atoms with van der Waals surface area (Å²) in [5.74, 6) is 2.31. The normalized spacial score (nSPS) is 13.6. The number of nitrogens with zero attached hydrogens (tertiary/aromatic N) is 1. The zero-order valence-electron chi connectivity index (χ0n) is 24.7. The van der Waals surface area contributed by atoms with Gasteiger partial charge < -0.3 is 34.4 Å². The number of nitrogens with one attached hydrogen (secondary N) is 3. The van der Waals surface area contributed by atoms with Crippen LogP contribution >= 0.6 is 0 Å². The van der Waals surface area contributed by atoms with E-state index in [2.05, 4.69) is 15.6 Å². The molecule has 5 aromatic rings. The fourth-order valence-electron chi connectivity index (χ4n) is 5.96. The molecule has 0 saturated carbocycles. The Labute approximate surface area is 249 Å². The molecule has 0 bridgehead atoms. The topological polar surface area (TPSA) is 107 Å². The number of H-pyrrole nitrogens is 1. The molecule has 0 aliphatic carbocycles. The number of fused-ring (bicyclic) bond motifs is 6. The minimum Gasteiger partial charge on any atom is -0.497 e. The first-order valence-electron chi connectivity index (χ1n) is 14.6. The van der Waals surface area contributed by atoms with Crippen molar-refractivity contribution in [1.29, 1.82) is 0 Å². The standard InChI is InChI=1S/C21H22N2O3.C13H14N2O2/c1-25-15-7-5-14(6-8-15)13-23-19-12-16(26-2)9-10-17(19)20-18(21(23)24)4-3-11-22-20;1-17-8-4-5-9-11(7-8)15-13(16)10-3-2-6-14-12(9)10/h5-10,12,22H,3-4,11,13H2,1-2H3;4-5,7,14H,2-3,6H2,1H3,(H,15,16). The highest BCUT2D eigenvalue weighted by Crippen LogP contribution is 2.32. The summed E-state index contributed by atoms with van der Waals surface area (Å²) in [5.41, 5.74) is 6.55. The highest BCUT2D eigenvalue weighted by molar-refractivity contribution is 5.95. The molecule has 2 aliphatic rings. The Balaban J connectivity index is 0.000000167. The summed E-state index contributed by atoms with van der Waals surface area (Å²) in [7, 11) is 4.91. The predicted octanol–water partition coefficient (Wildman–Crippen LogP) is 5.32. The van der Waals surface area contributed by atoms with Gasteiger partial charge in [-0.25, -0.2) is 0 Å². The van der Waals surface area contributed by atoms with Crippen LogP contribution in [0, 0.1) is 0 Å². The number of pyridine rings is 2. The van der Waals surface area contributed by atoms with E-state index >= 15 is 0 Å². The molecule has 9 nitrogen and oxygen atoms in total. The van der Waals surface area contributed by atoms with Gasteiger partial charge in [-0.1, -0.05) is 12.1 Å². The molecular formula is C34H36N4O5. The van der Waals surface area contributed by atoms with E-state index < -0.39 is 0 Å². The average Bonchev–Trinajstić information content (AvgIpc) is 3.07. The van der Waals surface area contributed by atoms with Crippen molar-refractivity contribution in [1.82, 2.24) is 9.55 Å². The summed E-state index contributed by atoms with van der Waals surface area (Å²) in [5, 5.41) is 8.86. The smallest absolute Gasteiger partial charge is 0.256 e. The van der Waals surface area contributed by atoms with Crippen molar-refractivity contribution in [2.24, 2.45) is 0 Å². The molecule has 3 aromatic carbocycles. The van der Waals surface area contributed by atoms with Crippen LogP contribution in [0.5, 0.6) is 17.2 Å². The van der Waals surface area contributed by atoms with Crippen molar-refractivity contribution in [3.63, 3.8) is 0 Å². The third kappa shape index (κ3) is 5.50. The first-order valence-corrected chi connectivity index (χ1v) is 14.6. The number of benzene rings is 3. The second-order valence-electron chi connectivity index (χ2n) is 10.8. The van der Waals surface area contributed by atoms with Crippen molar-refractivity contribution < 1.29 is 14.2 Å². The Morgan fingerprint density at radius 3 is 1.95 bits per heavy atom. The quantitative estimate of drug-likeness (QED) is 0.258. The van der Waals surface area contributed by atoms with E-state index in [1.807, 2.05) is 65.2 Å². The fraction of sp³-hybridized carbons (Fsp3) is 0.294. The fourth-order valence-corrected chi connectivity index (χ4v) is 5.96. The molecule has 222 valence electrons. The van der Waals surface area contributed by atoms with Crippen LogP contribution in [-0.2, 0) is 19.4 Å². The molecule has 2 aromatic heterocycles. The van der Waals surface area contributed by atoms with E-state index in [9.17, 15) is 9.59 Å². The summed E-state index contributed by atoms with van der Waals surface area (Å²) >= 11 is 0. The predicted molar refractivity (Wildman–Crippen MR) is 172 cm³/mol. The molecular weight excluding hydrogens is 544 g/mol. The summed E-state index contributed by atoms with van der Waals surface area (Å²) < 4.78 is 17.6. The summed E-state index contributed by atoms with van der Waals surface area (Å²) in [6.45, 7) is 2.34. The molecule has 0 spiro atoms. The Morgan fingerprint density at radius 2 is 1.28 bits per heavy atom. The number of aromatic amines is 1. The first-order chi connectivity index (χ1) is 21.0. The highest BCUT2D eigenvalue weighted by Gasteiger charge is 2.20. The van der Waals surface area contributed by atoms with Crippen LogP contribution in [0.3, 0.4) is 0 Å². The zero-order chi connectivity index (χ0) is 29.9. The summed E-state index contributed by atoms with van der Waals surface area (Å²) in [6.07, 6.45) is 3.65. The van der Waals surface area contributed by atoms with Crippen LogP contribution in [0.15, 0.2) is 70.3 Å². The molecule has 0 saturated heterocycles. The molecule has 0 radical (unpaired) electrons. The van der Waals surface area contributed by atoms with Crippen molar-refractivity contribution >= 4 is 33.2 Å².